The Morgan fingerprint density at radius 1 is 1.28 bits per heavy atom. The van der Waals surface area contributed by atoms with E-state index in [1.807, 2.05) is 20.8 Å². The van der Waals surface area contributed by atoms with Crippen molar-refractivity contribution < 1.29 is 4.79 Å². The maximum Gasteiger partial charge on any atom is 0.170 e. The minimum atomic E-state index is -0.316. The monoisotopic (exact) mass is 241 g/mol. The molecule has 0 fully saturated rings. The average molecular weight is 241 g/mol. The zero-order valence-electron chi connectivity index (χ0n) is 11.3. The zero-order chi connectivity index (χ0) is 12.9. The number of benzene rings is 1. The molecule has 1 aromatic heterocycles. The SMILES string of the molecule is CC(C)(C)C(=O)c1cn2c3c(cccc13)CCC2. The normalized spacial score (nSPS) is 15.1. The molecule has 0 saturated heterocycles. The molecule has 1 aliphatic heterocycles. The van der Waals surface area contributed by atoms with E-state index in [4.69, 9.17) is 0 Å². The molecule has 1 aromatic carbocycles. The van der Waals surface area contributed by atoms with E-state index in [0.717, 1.165) is 23.9 Å². The molecule has 0 unspecified atom stereocenters. The van der Waals surface area contributed by atoms with Gasteiger partial charge in [-0.15, -0.1) is 0 Å². The highest BCUT2D eigenvalue weighted by Gasteiger charge is 2.27. The Morgan fingerprint density at radius 2 is 2.06 bits per heavy atom. The minimum Gasteiger partial charge on any atom is -0.346 e. The Hall–Kier alpha value is -1.57. The van der Waals surface area contributed by atoms with Crippen LogP contribution >= 0.6 is 0 Å². The van der Waals surface area contributed by atoms with Gasteiger partial charge in [0.05, 0.1) is 5.52 Å². The largest absolute Gasteiger partial charge is 0.346 e. The second kappa shape index (κ2) is 3.71. The molecular formula is C16H19NO. The lowest BCUT2D eigenvalue weighted by Crippen LogP contribution is -2.19. The lowest BCUT2D eigenvalue weighted by molar-refractivity contribution is 0.0860. The molecule has 0 radical (unpaired) electrons. The number of Topliss-reactive ketones (excluding diaryl/α,β-unsaturated/α-hetero) is 1. The van der Waals surface area contributed by atoms with Crippen LogP contribution in [-0.2, 0) is 13.0 Å². The lowest BCUT2D eigenvalue weighted by Gasteiger charge is -2.15. The van der Waals surface area contributed by atoms with E-state index >= 15 is 0 Å². The Labute approximate surface area is 108 Å². The first-order valence-electron chi connectivity index (χ1n) is 6.64. The molecule has 0 aliphatic carbocycles. The molecule has 1 aliphatic rings. The lowest BCUT2D eigenvalue weighted by atomic mass is 9.86. The molecule has 0 spiro atoms. The van der Waals surface area contributed by atoms with Crippen LogP contribution in [0.1, 0.15) is 43.1 Å². The van der Waals surface area contributed by atoms with Gasteiger partial charge in [0.2, 0.25) is 0 Å². The van der Waals surface area contributed by atoms with E-state index in [9.17, 15) is 4.79 Å². The van der Waals surface area contributed by atoms with Crippen LogP contribution in [0.5, 0.6) is 0 Å². The van der Waals surface area contributed by atoms with Gasteiger partial charge in [0.25, 0.3) is 0 Å². The first-order valence-corrected chi connectivity index (χ1v) is 6.64. The standard InChI is InChI=1S/C16H19NO/c1-16(2,3)15(18)13-10-17-9-5-7-11-6-4-8-12(13)14(11)17/h4,6,8,10H,5,7,9H2,1-3H3. The topological polar surface area (TPSA) is 22.0 Å². The van der Waals surface area contributed by atoms with Crippen LogP contribution in [0.15, 0.2) is 24.4 Å². The van der Waals surface area contributed by atoms with Gasteiger partial charge in [0.15, 0.2) is 5.78 Å². The summed E-state index contributed by atoms with van der Waals surface area (Å²) in [6, 6.07) is 6.34. The first-order chi connectivity index (χ1) is 8.48. The number of para-hydroxylation sites is 1. The number of aromatic nitrogens is 1. The van der Waals surface area contributed by atoms with Crippen LogP contribution in [0.4, 0.5) is 0 Å². The van der Waals surface area contributed by atoms with Crippen molar-refractivity contribution in [3.8, 4) is 0 Å². The molecule has 2 aromatic rings. The number of carbonyl (C=O) groups excluding carboxylic acids is 1. The Kier molecular flexibility index (Phi) is 2.37. The highest BCUT2D eigenvalue weighted by atomic mass is 16.1. The van der Waals surface area contributed by atoms with Crippen molar-refractivity contribution in [3.63, 3.8) is 0 Å². The molecule has 2 heterocycles. The number of ketones is 1. The summed E-state index contributed by atoms with van der Waals surface area (Å²) in [5, 5.41) is 1.13. The van der Waals surface area contributed by atoms with Crippen LogP contribution in [0.3, 0.4) is 0 Å². The summed E-state index contributed by atoms with van der Waals surface area (Å²) in [5.74, 6) is 0.241. The van der Waals surface area contributed by atoms with Crippen LogP contribution in [0.2, 0.25) is 0 Å². The van der Waals surface area contributed by atoms with Crippen molar-refractivity contribution in [2.45, 2.75) is 40.2 Å². The maximum absolute atomic E-state index is 12.5. The summed E-state index contributed by atoms with van der Waals surface area (Å²) in [5.41, 5.74) is 3.23. The molecular weight excluding hydrogens is 222 g/mol. The van der Waals surface area contributed by atoms with Crippen LogP contribution in [-0.4, -0.2) is 10.4 Å². The summed E-state index contributed by atoms with van der Waals surface area (Å²) in [7, 11) is 0. The Morgan fingerprint density at radius 3 is 2.78 bits per heavy atom. The third-order valence-corrected chi connectivity index (χ3v) is 3.75. The molecule has 2 nitrogen and oxygen atoms in total. The van der Waals surface area contributed by atoms with Gasteiger partial charge in [0.1, 0.15) is 0 Å². The van der Waals surface area contributed by atoms with E-state index in [1.54, 1.807) is 0 Å². The number of aryl methyl sites for hydroxylation is 2. The van der Waals surface area contributed by atoms with Gasteiger partial charge in [-0.2, -0.15) is 0 Å². The number of hydrogen-bond donors (Lipinski definition) is 0. The minimum absolute atomic E-state index is 0.241. The van der Waals surface area contributed by atoms with Crippen molar-refractivity contribution in [1.29, 1.82) is 0 Å². The van der Waals surface area contributed by atoms with E-state index in [-0.39, 0.29) is 11.2 Å². The number of rotatable bonds is 1. The second-order valence-corrected chi connectivity index (χ2v) is 6.23. The van der Waals surface area contributed by atoms with E-state index in [2.05, 4.69) is 29.0 Å². The Bertz CT molecular complexity index is 628. The molecule has 3 rings (SSSR count). The van der Waals surface area contributed by atoms with E-state index in [1.165, 1.54) is 17.5 Å². The predicted molar refractivity (Wildman–Crippen MR) is 74.0 cm³/mol. The van der Waals surface area contributed by atoms with Gasteiger partial charge in [-0.05, 0) is 18.4 Å². The number of carbonyl (C=O) groups is 1. The van der Waals surface area contributed by atoms with Gasteiger partial charge in [-0.1, -0.05) is 39.0 Å². The van der Waals surface area contributed by atoms with Crippen LogP contribution in [0, 0.1) is 5.41 Å². The summed E-state index contributed by atoms with van der Waals surface area (Å²) in [4.78, 5) is 12.5. The fourth-order valence-electron chi connectivity index (χ4n) is 2.84. The molecule has 2 heteroatoms. The van der Waals surface area contributed by atoms with Crippen molar-refractivity contribution in [3.05, 3.63) is 35.5 Å². The zero-order valence-corrected chi connectivity index (χ0v) is 11.3. The average Bonchev–Trinajstić information content (AvgIpc) is 2.69. The van der Waals surface area contributed by atoms with Crippen molar-refractivity contribution >= 4 is 16.7 Å². The third kappa shape index (κ3) is 1.59. The second-order valence-electron chi connectivity index (χ2n) is 6.23. The highest BCUT2D eigenvalue weighted by Crippen LogP contribution is 2.32. The highest BCUT2D eigenvalue weighted by molar-refractivity contribution is 6.10. The fourth-order valence-corrected chi connectivity index (χ4v) is 2.84. The van der Waals surface area contributed by atoms with Crippen LogP contribution in [0.25, 0.3) is 10.9 Å². The number of nitrogens with zero attached hydrogens (tertiary/aromatic N) is 1. The summed E-state index contributed by atoms with van der Waals surface area (Å²) >= 11 is 0. The van der Waals surface area contributed by atoms with Gasteiger partial charge in [-0.3, -0.25) is 4.79 Å². The van der Waals surface area contributed by atoms with Crippen LogP contribution < -0.4 is 0 Å². The first kappa shape index (κ1) is 11.5. The summed E-state index contributed by atoms with van der Waals surface area (Å²) < 4.78 is 2.26. The summed E-state index contributed by atoms with van der Waals surface area (Å²) in [6.07, 6.45) is 4.36. The molecule has 18 heavy (non-hydrogen) atoms. The Balaban J connectivity index is 2.27. The van der Waals surface area contributed by atoms with Gasteiger partial charge in [-0.25, -0.2) is 0 Å². The molecule has 94 valence electrons. The molecule has 0 amide bonds. The van der Waals surface area contributed by atoms with Crippen molar-refractivity contribution in [2.24, 2.45) is 5.41 Å². The number of hydrogen-bond acceptors (Lipinski definition) is 1. The predicted octanol–water partition coefficient (Wildman–Crippen LogP) is 3.82. The smallest absolute Gasteiger partial charge is 0.170 e. The fraction of sp³-hybridized carbons (Fsp3) is 0.438. The quantitative estimate of drug-likeness (QED) is 0.696. The molecule has 0 bridgehead atoms. The summed E-state index contributed by atoms with van der Waals surface area (Å²) in [6.45, 7) is 7.00. The van der Waals surface area contributed by atoms with Gasteiger partial charge in [0, 0.05) is 29.1 Å². The van der Waals surface area contributed by atoms with E-state index in [0.29, 0.717) is 0 Å². The van der Waals surface area contributed by atoms with Crippen molar-refractivity contribution in [1.82, 2.24) is 4.57 Å². The molecule has 0 saturated carbocycles. The molecule has 0 N–H and O–H groups in total. The molecule has 0 atom stereocenters. The van der Waals surface area contributed by atoms with Gasteiger partial charge < -0.3 is 4.57 Å². The van der Waals surface area contributed by atoms with E-state index < -0.39 is 0 Å². The maximum atomic E-state index is 12.5. The van der Waals surface area contributed by atoms with Gasteiger partial charge >= 0.3 is 0 Å². The third-order valence-electron chi connectivity index (χ3n) is 3.75. The van der Waals surface area contributed by atoms with Crippen molar-refractivity contribution in [2.75, 3.05) is 0 Å².